The van der Waals surface area contributed by atoms with Gasteiger partial charge in [0.2, 0.25) is 0 Å². The van der Waals surface area contributed by atoms with Crippen molar-refractivity contribution in [3.8, 4) is 11.1 Å². The molecule has 2 aromatic rings. The number of benzene rings is 2. The number of ketones is 1. The van der Waals surface area contributed by atoms with Crippen molar-refractivity contribution < 1.29 is 14.7 Å². The quantitative estimate of drug-likeness (QED) is 0.884. The van der Waals surface area contributed by atoms with Crippen molar-refractivity contribution in [1.29, 1.82) is 0 Å². The fraction of sp³-hybridized carbons (Fsp3) is 0.263. The van der Waals surface area contributed by atoms with E-state index >= 15 is 0 Å². The molecule has 1 fully saturated rings. The number of carbonyl (C=O) groups is 2. The minimum atomic E-state index is -0.392. The van der Waals surface area contributed by atoms with Gasteiger partial charge in [0, 0.05) is 30.6 Å². The molecule has 4 heteroatoms. The molecule has 1 amide bonds. The van der Waals surface area contributed by atoms with Crippen molar-refractivity contribution in [3.63, 3.8) is 0 Å². The highest BCUT2D eigenvalue weighted by Crippen LogP contribution is 2.23. The molecule has 0 bridgehead atoms. The topological polar surface area (TPSA) is 57.6 Å². The Hall–Kier alpha value is -2.46. The number of nitrogens with zero attached hydrogens (tertiary/aromatic N) is 1. The van der Waals surface area contributed by atoms with Gasteiger partial charge in [-0.1, -0.05) is 37.3 Å². The molecule has 23 heavy (non-hydrogen) atoms. The van der Waals surface area contributed by atoms with Gasteiger partial charge in [0.05, 0.1) is 6.10 Å². The Kier molecular flexibility index (Phi) is 4.26. The van der Waals surface area contributed by atoms with E-state index in [9.17, 15) is 14.7 Å². The average Bonchev–Trinajstić information content (AvgIpc) is 2.58. The molecule has 0 aromatic heterocycles. The molecule has 0 saturated carbocycles. The highest BCUT2D eigenvalue weighted by molar-refractivity contribution is 5.97. The van der Waals surface area contributed by atoms with E-state index in [0.29, 0.717) is 30.6 Å². The standard InChI is InChI=1S/C19H19NO3/c1-2-18(22)16-5-3-4-15(10-16)13-6-8-14(9-7-13)19(23)20-11-17(21)12-20/h3-10,17,21H,2,11-12H2,1H3. The smallest absolute Gasteiger partial charge is 0.254 e. The molecule has 1 saturated heterocycles. The molecule has 0 spiro atoms. The first-order valence-corrected chi connectivity index (χ1v) is 7.79. The van der Waals surface area contributed by atoms with Gasteiger partial charge in [-0.15, -0.1) is 0 Å². The Bertz CT molecular complexity index is 731. The Labute approximate surface area is 135 Å². The van der Waals surface area contributed by atoms with Crippen LogP contribution in [-0.2, 0) is 0 Å². The number of Topliss-reactive ketones (excluding diaryl/α,β-unsaturated/α-hetero) is 1. The third kappa shape index (κ3) is 3.17. The Morgan fingerprint density at radius 3 is 2.35 bits per heavy atom. The van der Waals surface area contributed by atoms with Crippen LogP contribution in [0.4, 0.5) is 0 Å². The number of rotatable bonds is 4. The third-order valence-electron chi connectivity index (χ3n) is 4.12. The van der Waals surface area contributed by atoms with Crippen LogP contribution in [0.3, 0.4) is 0 Å². The summed E-state index contributed by atoms with van der Waals surface area (Å²) in [5.74, 6) is 0.0618. The van der Waals surface area contributed by atoms with Crippen LogP contribution in [0.1, 0.15) is 34.1 Å². The number of amides is 1. The van der Waals surface area contributed by atoms with Crippen molar-refractivity contribution >= 4 is 11.7 Å². The molecule has 4 nitrogen and oxygen atoms in total. The lowest BCUT2D eigenvalue weighted by molar-refractivity contribution is 0.00589. The van der Waals surface area contributed by atoms with E-state index in [1.54, 1.807) is 17.0 Å². The largest absolute Gasteiger partial charge is 0.389 e. The highest BCUT2D eigenvalue weighted by Gasteiger charge is 2.29. The summed E-state index contributed by atoms with van der Waals surface area (Å²) in [5, 5.41) is 9.28. The molecular formula is C19H19NO3. The molecule has 1 aliphatic rings. The second-order valence-corrected chi connectivity index (χ2v) is 5.80. The molecule has 0 aliphatic carbocycles. The van der Waals surface area contributed by atoms with Gasteiger partial charge in [-0.3, -0.25) is 9.59 Å². The summed E-state index contributed by atoms with van der Waals surface area (Å²) < 4.78 is 0. The summed E-state index contributed by atoms with van der Waals surface area (Å²) in [5.41, 5.74) is 3.25. The maximum Gasteiger partial charge on any atom is 0.254 e. The predicted molar refractivity (Wildman–Crippen MR) is 88.4 cm³/mol. The Morgan fingerprint density at radius 1 is 1.04 bits per heavy atom. The van der Waals surface area contributed by atoms with Crippen LogP contribution in [0.15, 0.2) is 48.5 Å². The van der Waals surface area contributed by atoms with Crippen LogP contribution in [0, 0.1) is 0 Å². The first kappa shape index (κ1) is 15.4. The molecule has 0 radical (unpaired) electrons. The van der Waals surface area contributed by atoms with Crippen LogP contribution < -0.4 is 0 Å². The Morgan fingerprint density at radius 2 is 1.74 bits per heavy atom. The van der Waals surface area contributed by atoms with Crippen molar-refractivity contribution in [2.75, 3.05) is 13.1 Å². The van der Waals surface area contributed by atoms with Crippen LogP contribution in [0.5, 0.6) is 0 Å². The number of β-amino-alcohol motifs (C(OH)–C–C–N with tert-alkyl or cyclic N) is 1. The lowest BCUT2D eigenvalue weighted by Crippen LogP contribution is -2.53. The molecule has 0 unspecified atom stereocenters. The molecular weight excluding hydrogens is 290 g/mol. The fourth-order valence-corrected chi connectivity index (χ4v) is 2.69. The molecule has 1 N–H and O–H groups in total. The zero-order valence-electron chi connectivity index (χ0n) is 13.0. The summed E-state index contributed by atoms with van der Waals surface area (Å²) in [7, 11) is 0. The second kappa shape index (κ2) is 6.34. The van der Waals surface area contributed by atoms with Crippen molar-refractivity contribution in [3.05, 3.63) is 59.7 Å². The third-order valence-corrected chi connectivity index (χ3v) is 4.12. The van der Waals surface area contributed by atoms with Gasteiger partial charge in [-0.05, 0) is 29.3 Å². The van der Waals surface area contributed by atoms with Gasteiger partial charge < -0.3 is 10.0 Å². The molecule has 3 rings (SSSR count). The normalized spacial score (nSPS) is 14.4. The lowest BCUT2D eigenvalue weighted by atomic mass is 9.99. The number of carbonyl (C=O) groups excluding carboxylic acids is 2. The molecule has 2 aromatic carbocycles. The van der Waals surface area contributed by atoms with Crippen molar-refractivity contribution in [2.45, 2.75) is 19.4 Å². The van der Waals surface area contributed by atoms with Gasteiger partial charge in [0.1, 0.15) is 0 Å². The summed E-state index contributed by atoms with van der Waals surface area (Å²) in [6.07, 6.45) is 0.0931. The number of hydrogen-bond acceptors (Lipinski definition) is 3. The van der Waals surface area contributed by atoms with Crippen molar-refractivity contribution in [2.24, 2.45) is 0 Å². The number of hydrogen-bond donors (Lipinski definition) is 1. The first-order chi connectivity index (χ1) is 11.1. The van der Waals surface area contributed by atoms with E-state index in [4.69, 9.17) is 0 Å². The summed E-state index contributed by atoms with van der Waals surface area (Å²) in [6.45, 7) is 2.66. The highest BCUT2D eigenvalue weighted by atomic mass is 16.3. The van der Waals surface area contributed by atoms with Gasteiger partial charge in [0.15, 0.2) is 5.78 Å². The summed E-state index contributed by atoms with van der Waals surface area (Å²) >= 11 is 0. The monoisotopic (exact) mass is 309 g/mol. The van der Waals surface area contributed by atoms with Crippen LogP contribution in [-0.4, -0.2) is 40.9 Å². The zero-order valence-corrected chi connectivity index (χ0v) is 13.0. The molecule has 0 atom stereocenters. The van der Waals surface area contributed by atoms with E-state index in [1.165, 1.54) is 0 Å². The fourth-order valence-electron chi connectivity index (χ4n) is 2.69. The van der Waals surface area contributed by atoms with Crippen LogP contribution >= 0.6 is 0 Å². The number of likely N-dealkylation sites (tertiary alicyclic amines) is 1. The molecule has 118 valence electrons. The van der Waals surface area contributed by atoms with Gasteiger partial charge >= 0.3 is 0 Å². The van der Waals surface area contributed by atoms with Crippen molar-refractivity contribution in [1.82, 2.24) is 4.90 Å². The van der Waals surface area contributed by atoms with Gasteiger partial charge in [-0.25, -0.2) is 0 Å². The number of aliphatic hydroxyl groups is 1. The van der Waals surface area contributed by atoms with E-state index in [-0.39, 0.29) is 11.7 Å². The molecule has 1 heterocycles. The van der Waals surface area contributed by atoms with Crippen LogP contribution in [0.25, 0.3) is 11.1 Å². The van der Waals surface area contributed by atoms with Gasteiger partial charge in [0.25, 0.3) is 5.91 Å². The van der Waals surface area contributed by atoms with E-state index < -0.39 is 6.10 Å². The predicted octanol–water partition coefficient (Wildman–Crippen LogP) is 2.76. The average molecular weight is 309 g/mol. The summed E-state index contributed by atoms with van der Waals surface area (Å²) in [6, 6.07) is 14.9. The SMILES string of the molecule is CCC(=O)c1cccc(-c2ccc(C(=O)N3CC(O)C3)cc2)c1. The first-order valence-electron chi connectivity index (χ1n) is 7.79. The minimum Gasteiger partial charge on any atom is -0.389 e. The van der Waals surface area contributed by atoms with Gasteiger partial charge in [-0.2, -0.15) is 0 Å². The molecule has 1 aliphatic heterocycles. The summed E-state index contributed by atoms with van der Waals surface area (Å²) in [4.78, 5) is 25.6. The van der Waals surface area contributed by atoms with Crippen LogP contribution in [0.2, 0.25) is 0 Å². The van der Waals surface area contributed by atoms with E-state index in [0.717, 1.165) is 11.1 Å². The number of aliphatic hydroxyl groups excluding tert-OH is 1. The zero-order chi connectivity index (χ0) is 16.4. The second-order valence-electron chi connectivity index (χ2n) is 5.80. The Balaban J connectivity index is 1.79. The van der Waals surface area contributed by atoms with E-state index in [1.807, 2.05) is 43.3 Å². The maximum atomic E-state index is 12.2. The maximum absolute atomic E-state index is 12.2. The lowest BCUT2D eigenvalue weighted by Gasteiger charge is -2.35. The van der Waals surface area contributed by atoms with E-state index in [2.05, 4.69) is 0 Å². The minimum absolute atomic E-state index is 0.0586.